The molecule has 0 radical (unpaired) electrons. The van der Waals surface area contributed by atoms with Crippen LogP contribution < -0.4 is 5.73 Å². The molecule has 0 unspecified atom stereocenters. The highest BCUT2D eigenvalue weighted by molar-refractivity contribution is 7.98. The molecule has 5 heteroatoms. The normalized spacial score (nSPS) is 10.6. The summed E-state index contributed by atoms with van der Waals surface area (Å²) in [7, 11) is 0. The average Bonchev–Trinajstić information content (AvgIpc) is 2.30. The molecule has 94 valence electrons. The maximum atomic E-state index is 6.14. The lowest BCUT2D eigenvalue weighted by molar-refractivity contribution is 0.902. The third-order valence-corrected chi connectivity index (χ3v) is 3.78. The number of thioether (sulfide) groups is 1. The molecule has 1 aromatic heterocycles. The number of halogens is 1. The van der Waals surface area contributed by atoms with Gasteiger partial charge in [-0.05, 0) is 31.5 Å². The Morgan fingerprint density at radius 1 is 1.22 bits per heavy atom. The third kappa shape index (κ3) is 3.15. The fourth-order valence-corrected chi connectivity index (χ4v) is 2.83. The topological polar surface area (TPSA) is 51.8 Å². The number of hydrogen-bond donors (Lipinski definition) is 1. The van der Waals surface area contributed by atoms with Crippen molar-refractivity contribution in [2.75, 3.05) is 5.73 Å². The molecular formula is C13H14ClN3S. The zero-order valence-electron chi connectivity index (χ0n) is 10.3. The van der Waals surface area contributed by atoms with E-state index in [4.69, 9.17) is 17.3 Å². The number of benzene rings is 1. The molecule has 0 aliphatic heterocycles. The highest BCUT2D eigenvalue weighted by Crippen LogP contribution is 2.28. The molecule has 3 nitrogen and oxygen atoms in total. The van der Waals surface area contributed by atoms with Crippen LogP contribution in [0.15, 0.2) is 29.4 Å². The second kappa shape index (κ2) is 5.59. The van der Waals surface area contributed by atoms with Crippen LogP contribution in [0.25, 0.3) is 0 Å². The van der Waals surface area contributed by atoms with Gasteiger partial charge in [-0.2, -0.15) is 0 Å². The largest absolute Gasteiger partial charge is 0.398 e. The number of hydrogen-bond acceptors (Lipinski definition) is 4. The molecule has 2 aromatic rings. The summed E-state index contributed by atoms with van der Waals surface area (Å²) in [5, 5.41) is 1.39. The fourth-order valence-electron chi connectivity index (χ4n) is 1.61. The Balaban J connectivity index is 2.14. The van der Waals surface area contributed by atoms with Gasteiger partial charge in [0.2, 0.25) is 0 Å². The Morgan fingerprint density at radius 2 is 1.89 bits per heavy atom. The first-order valence-corrected chi connectivity index (χ1v) is 6.90. The van der Waals surface area contributed by atoms with E-state index in [0.717, 1.165) is 22.1 Å². The van der Waals surface area contributed by atoms with Crippen LogP contribution in [0.1, 0.15) is 17.0 Å². The summed E-state index contributed by atoms with van der Waals surface area (Å²) in [5.74, 6) is 0.715. The minimum Gasteiger partial charge on any atom is -0.398 e. The zero-order valence-corrected chi connectivity index (χ0v) is 11.8. The quantitative estimate of drug-likeness (QED) is 0.530. The number of nitrogens with zero attached hydrogens (tertiary/aromatic N) is 2. The lowest BCUT2D eigenvalue weighted by Gasteiger charge is -2.06. The lowest BCUT2D eigenvalue weighted by atomic mass is 10.2. The van der Waals surface area contributed by atoms with Crippen molar-refractivity contribution in [3.63, 3.8) is 0 Å². The summed E-state index contributed by atoms with van der Waals surface area (Å²) in [6.45, 7) is 3.93. The van der Waals surface area contributed by atoms with E-state index in [2.05, 4.69) is 9.97 Å². The van der Waals surface area contributed by atoms with E-state index in [0.29, 0.717) is 16.5 Å². The molecule has 0 atom stereocenters. The van der Waals surface area contributed by atoms with Crippen molar-refractivity contribution in [3.8, 4) is 0 Å². The molecule has 18 heavy (non-hydrogen) atoms. The van der Waals surface area contributed by atoms with Gasteiger partial charge < -0.3 is 5.73 Å². The predicted molar refractivity (Wildman–Crippen MR) is 76.9 cm³/mol. The number of rotatable bonds is 3. The van der Waals surface area contributed by atoms with E-state index in [1.54, 1.807) is 17.8 Å². The van der Waals surface area contributed by atoms with Crippen molar-refractivity contribution in [1.29, 1.82) is 0 Å². The van der Waals surface area contributed by atoms with Crippen molar-refractivity contribution >= 4 is 29.1 Å². The second-order valence-corrected chi connectivity index (χ2v) is 5.36. The molecule has 0 spiro atoms. The molecule has 1 heterocycles. The van der Waals surface area contributed by atoms with Gasteiger partial charge in [-0.25, -0.2) is 9.97 Å². The number of nitrogens with two attached hydrogens (primary N) is 1. The van der Waals surface area contributed by atoms with Crippen molar-refractivity contribution < 1.29 is 0 Å². The van der Waals surface area contributed by atoms with Crippen LogP contribution >= 0.6 is 23.4 Å². The van der Waals surface area contributed by atoms with Gasteiger partial charge >= 0.3 is 0 Å². The standard InChI is InChI=1S/C13H14ClN3S/c1-8-6-9(2)17-13(16-8)18-7-10-4-3-5-11(15)12(10)14/h3-6H,7,15H2,1-2H3. The molecule has 0 saturated carbocycles. The summed E-state index contributed by atoms with van der Waals surface area (Å²) in [6.07, 6.45) is 0. The Kier molecular flexibility index (Phi) is 4.09. The first kappa shape index (κ1) is 13.2. The van der Waals surface area contributed by atoms with Crippen LogP contribution in [0, 0.1) is 13.8 Å². The Bertz CT molecular complexity index is 552. The van der Waals surface area contributed by atoms with Crippen LogP contribution in [-0.2, 0) is 5.75 Å². The fraction of sp³-hybridized carbons (Fsp3) is 0.231. The van der Waals surface area contributed by atoms with Gasteiger partial charge in [-0.3, -0.25) is 0 Å². The predicted octanol–water partition coefficient (Wildman–Crippen LogP) is 3.62. The first-order chi connectivity index (χ1) is 8.56. The Labute approximate surface area is 116 Å². The van der Waals surface area contributed by atoms with E-state index in [1.165, 1.54) is 0 Å². The smallest absolute Gasteiger partial charge is 0.188 e. The average molecular weight is 280 g/mol. The minimum atomic E-state index is 0.608. The van der Waals surface area contributed by atoms with Gasteiger partial charge in [-0.15, -0.1) is 0 Å². The lowest BCUT2D eigenvalue weighted by Crippen LogP contribution is -1.94. The van der Waals surface area contributed by atoms with Gasteiger partial charge in [0.15, 0.2) is 5.16 Å². The van der Waals surface area contributed by atoms with E-state index in [1.807, 2.05) is 32.0 Å². The highest BCUT2D eigenvalue weighted by atomic mass is 35.5. The van der Waals surface area contributed by atoms with E-state index in [9.17, 15) is 0 Å². The monoisotopic (exact) mass is 279 g/mol. The molecule has 1 aromatic carbocycles. The molecule has 0 saturated heterocycles. The number of aryl methyl sites for hydroxylation is 2. The molecule has 0 amide bonds. The van der Waals surface area contributed by atoms with Gasteiger partial charge in [0.1, 0.15) is 0 Å². The van der Waals surface area contributed by atoms with E-state index < -0.39 is 0 Å². The van der Waals surface area contributed by atoms with E-state index in [-0.39, 0.29) is 0 Å². The molecular weight excluding hydrogens is 266 g/mol. The molecule has 0 bridgehead atoms. The maximum absolute atomic E-state index is 6.14. The third-order valence-electron chi connectivity index (χ3n) is 2.43. The van der Waals surface area contributed by atoms with Gasteiger partial charge in [0.25, 0.3) is 0 Å². The summed E-state index contributed by atoms with van der Waals surface area (Å²) in [4.78, 5) is 8.76. The number of nitrogen functional groups attached to an aromatic ring is 1. The molecule has 0 aliphatic carbocycles. The van der Waals surface area contributed by atoms with E-state index >= 15 is 0 Å². The summed E-state index contributed by atoms with van der Waals surface area (Å²) in [5.41, 5.74) is 9.33. The molecule has 0 aliphatic rings. The van der Waals surface area contributed by atoms with Crippen LogP contribution in [0.4, 0.5) is 5.69 Å². The Hall–Kier alpha value is -1.26. The molecule has 0 fully saturated rings. The maximum Gasteiger partial charge on any atom is 0.188 e. The van der Waals surface area contributed by atoms with Crippen molar-refractivity contribution in [1.82, 2.24) is 9.97 Å². The molecule has 2 rings (SSSR count). The van der Waals surface area contributed by atoms with Crippen LogP contribution in [-0.4, -0.2) is 9.97 Å². The SMILES string of the molecule is Cc1cc(C)nc(SCc2cccc(N)c2Cl)n1. The zero-order chi connectivity index (χ0) is 13.1. The minimum absolute atomic E-state index is 0.608. The summed E-state index contributed by atoms with van der Waals surface area (Å²) in [6, 6.07) is 7.62. The van der Waals surface area contributed by atoms with Crippen molar-refractivity contribution in [3.05, 3.63) is 46.2 Å². The second-order valence-electron chi connectivity index (χ2n) is 4.04. The van der Waals surface area contributed by atoms with Crippen LogP contribution in [0.3, 0.4) is 0 Å². The van der Waals surface area contributed by atoms with Gasteiger partial charge in [-0.1, -0.05) is 35.5 Å². The van der Waals surface area contributed by atoms with Crippen molar-refractivity contribution in [2.24, 2.45) is 0 Å². The number of aromatic nitrogens is 2. The highest BCUT2D eigenvalue weighted by Gasteiger charge is 2.06. The van der Waals surface area contributed by atoms with Gasteiger partial charge in [0.05, 0.1) is 10.7 Å². The van der Waals surface area contributed by atoms with Gasteiger partial charge in [0, 0.05) is 17.1 Å². The summed E-state index contributed by atoms with van der Waals surface area (Å²) < 4.78 is 0. The van der Waals surface area contributed by atoms with Crippen LogP contribution in [0.2, 0.25) is 5.02 Å². The van der Waals surface area contributed by atoms with Crippen molar-refractivity contribution in [2.45, 2.75) is 24.8 Å². The molecule has 2 N–H and O–H groups in total. The Morgan fingerprint density at radius 3 is 2.56 bits per heavy atom. The number of anilines is 1. The first-order valence-electron chi connectivity index (χ1n) is 5.54. The van der Waals surface area contributed by atoms with Crippen LogP contribution in [0.5, 0.6) is 0 Å². The summed E-state index contributed by atoms with van der Waals surface area (Å²) >= 11 is 7.71.